The number of halogens is 1. The van der Waals surface area contributed by atoms with Crippen LogP contribution in [-0.2, 0) is 9.53 Å². The van der Waals surface area contributed by atoms with E-state index in [9.17, 15) is 14.3 Å². The van der Waals surface area contributed by atoms with Crippen LogP contribution in [0.2, 0.25) is 0 Å². The number of benzene rings is 1. The Balaban J connectivity index is 1.87. The fourth-order valence-electron chi connectivity index (χ4n) is 2.52. The van der Waals surface area contributed by atoms with E-state index in [2.05, 4.69) is 5.32 Å². The average molecular weight is 281 g/mol. The lowest BCUT2D eigenvalue weighted by molar-refractivity contribution is -0.130. The van der Waals surface area contributed by atoms with Crippen molar-refractivity contribution in [1.29, 1.82) is 0 Å². The zero-order valence-electron chi connectivity index (χ0n) is 11.5. The monoisotopic (exact) mass is 281 g/mol. The highest BCUT2D eigenvalue weighted by atomic mass is 19.1. The molecule has 1 aromatic rings. The van der Waals surface area contributed by atoms with E-state index in [4.69, 9.17) is 4.74 Å². The molecule has 2 N–H and O–H groups in total. The van der Waals surface area contributed by atoms with Gasteiger partial charge in [0.05, 0.1) is 6.10 Å². The van der Waals surface area contributed by atoms with Crippen molar-refractivity contribution in [2.45, 2.75) is 43.9 Å². The minimum Gasteiger partial charge on any atom is -0.381 e. The van der Waals surface area contributed by atoms with Crippen molar-refractivity contribution < 1.29 is 19.0 Å². The third kappa shape index (κ3) is 3.77. The van der Waals surface area contributed by atoms with Gasteiger partial charge in [-0.25, -0.2) is 4.39 Å². The molecule has 1 fully saturated rings. The second-order valence-electron chi connectivity index (χ2n) is 5.17. The third-order valence-corrected chi connectivity index (χ3v) is 3.79. The van der Waals surface area contributed by atoms with Gasteiger partial charge in [-0.3, -0.25) is 4.79 Å². The van der Waals surface area contributed by atoms with Gasteiger partial charge in [0, 0.05) is 13.2 Å². The molecule has 1 amide bonds. The van der Waals surface area contributed by atoms with Gasteiger partial charge in [-0.1, -0.05) is 12.1 Å². The maximum Gasteiger partial charge on any atom is 0.253 e. The van der Waals surface area contributed by atoms with Crippen molar-refractivity contribution in [3.05, 3.63) is 35.6 Å². The van der Waals surface area contributed by atoms with Gasteiger partial charge < -0.3 is 15.2 Å². The van der Waals surface area contributed by atoms with Gasteiger partial charge in [-0.2, -0.15) is 0 Å². The molecule has 2 rings (SSSR count). The van der Waals surface area contributed by atoms with Crippen molar-refractivity contribution in [2.75, 3.05) is 7.11 Å². The number of aliphatic hydroxyl groups is 1. The lowest BCUT2D eigenvalue weighted by atomic mass is 9.92. The van der Waals surface area contributed by atoms with Crippen LogP contribution in [0.5, 0.6) is 0 Å². The zero-order valence-corrected chi connectivity index (χ0v) is 11.5. The number of rotatable bonds is 4. The molecule has 0 unspecified atom stereocenters. The fraction of sp³-hybridized carbons (Fsp3) is 0.533. The van der Waals surface area contributed by atoms with Crippen molar-refractivity contribution in [3.63, 3.8) is 0 Å². The molecule has 110 valence electrons. The van der Waals surface area contributed by atoms with Gasteiger partial charge in [0.2, 0.25) is 0 Å². The SMILES string of the molecule is COC1CCC(NC(=O)[C@H](O)c2ccc(F)cc2)CC1. The van der Waals surface area contributed by atoms with Crippen molar-refractivity contribution >= 4 is 5.91 Å². The standard InChI is InChI=1S/C15H20FNO3/c1-20-13-8-6-12(7-9-13)17-15(19)14(18)10-2-4-11(16)5-3-10/h2-5,12-14,18H,6-9H2,1H3,(H,17,19)/t12?,13?,14-/m1/s1. The highest BCUT2D eigenvalue weighted by molar-refractivity contribution is 5.82. The first-order valence-corrected chi connectivity index (χ1v) is 6.87. The van der Waals surface area contributed by atoms with Gasteiger partial charge in [0.15, 0.2) is 6.10 Å². The maximum atomic E-state index is 12.8. The van der Waals surface area contributed by atoms with Crippen LogP contribution < -0.4 is 5.32 Å². The van der Waals surface area contributed by atoms with Gasteiger partial charge in [-0.15, -0.1) is 0 Å². The lowest BCUT2D eigenvalue weighted by Gasteiger charge is -2.28. The van der Waals surface area contributed by atoms with Crippen LogP contribution in [0.25, 0.3) is 0 Å². The Labute approximate surface area is 117 Å². The van der Waals surface area contributed by atoms with E-state index in [0.717, 1.165) is 25.7 Å². The quantitative estimate of drug-likeness (QED) is 0.886. The number of aliphatic hydroxyl groups excluding tert-OH is 1. The Morgan fingerprint density at radius 1 is 1.30 bits per heavy atom. The van der Waals surface area contributed by atoms with Crippen LogP contribution in [-0.4, -0.2) is 30.3 Å². The maximum absolute atomic E-state index is 12.8. The summed E-state index contributed by atoms with van der Waals surface area (Å²) < 4.78 is 18.1. The Hall–Kier alpha value is -1.46. The van der Waals surface area contributed by atoms with E-state index in [1.54, 1.807) is 7.11 Å². The first-order chi connectivity index (χ1) is 9.60. The summed E-state index contributed by atoms with van der Waals surface area (Å²) in [6.07, 6.45) is 2.53. The summed E-state index contributed by atoms with van der Waals surface area (Å²) in [4.78, 5) is 12.0. The summed E-state index contributed by atoms with van der Waals surface area (Å²) in [7, 11) is 1.70. The average Bonchev–Trinajstić information content (AvgIpc) is 2.48. The summed E-state index contributed by atoms with van der Waals surface area (Å²) >= 11 is 0. The predicted octanol–water partition coefficient (Wildman–Crippen LogP) is 1.93. The van der Waals surface area contributed by atoms with Gasteiger partial charge >= 0.3 is 0 Å². The predicted molar refractivity (Wildman–Crippen MR) is 72.6 cm³/mol. The molecule has 0 radical (unpaired) electrons. The second-order valence-corrected chi connectivity index (χ2v) is 5.17. The number of amides is 1. The summed E-state index contributed by atoms with van der Waals surface area (Å²) in [5, 5.41) is 12.8. The number of nitrogens with one attached hydrogen (secondary N) is 1. The second kappa shape index (κ2) is 6.81. The van der Waals surface area contributed by atoms with Gasteiger partial charge in [0.25, 0.3) is 5.91 Å². The molecule has 0 heterocycles. The number of hydrogen-bond acceptors (Lipinski definition) is 3. The molecule has 1 aliphatic rings. The number of carbonyl (C=O) groups is 1. The van der Waals surface area contributed by atoms with Crippen molar-refractivity contribution in [3.8, 4) is 0 Å². The molecule has 1 aliphatic carbocycles. The van der Waals surface area contributed by atoms with Crippen LogP contribution in [0.4, 0.5) is 4.39 Å². The molecular formula is C15H20FNO3. The number of hydrogen-bond donors (Lipinski definition) is 2. The molecule has 1 saturated carbocycles. The highest BCUT2D eigenvalue weighted by Gasteiger charge is 2.25. The van der Waals surface area contributed by atoms with Crippen molar-refractivity contribution in [1.82, 2.24) is 5.32 Å². The molecule has 1 aromatic carbocycles. The molecule has 0 saturated heterocycles. The Morgan fingerprint density at radius 2 is 1.90 bits per heavy atom. The van der Waals surface area contributed by atoms with E-state index in [0.29, 0.717) is 5.56 Å². The first-order valence-electron chi connectivity index (χ1n) is 6.87. The molecule has 0 aromatic heterocycles. The van der Waals surface area contributed by atoms with E-state index >= 15 is 0 Å². The highest BCUT2D eigenvalue weighted by Crippen LogP contribution is 2.21. The third-order valence-electron chi connectivity index (χ3n) is 3.79. The summed E-state index contributed by atoms with van der Waals surface area (Å²) in [6, 6.07) is 5.37. The summed E-state index contributed by atoms with van der Waals surface area (Å²) in [6.45, 7) is 0. The van der Waals surface area contributed by atoms with Gasteiger partial charge in [0.1, 0.15) is 5.82 Å². The van der Waals surface area contributed by atoms with Crippen molar-refractivity contribution in [2.24, 2.45) is 0 Å². The van der Waals surface area contributed by atoms with E-state index < -0.39 is 12.0 Å². The molecule has 0 spiro atoms. The topological polar surface area (TPSA) is 58.6 Å². The molecule has 0 aliphatic heterocycles. The molecular weight excluding hydrogens is 261 g/mol. The molecule has 5 heteroatoms. The van der Waals surface area contributed by atoms with E-state index in [-0.39, 0.29) is 18.0 Å². The van der Waals surface area contributed by atoms with E-state index in [1.165, 1.54) is 24.3 Å². The van der Waals surface area contributed by atoms with Crippen LogP contribution in [0.15, 0.2) is 24.3 Å². The Morgan fingerprint density at radius 3 is 2.45 bits per heavy atom. The number of carbonyl (C=O) groups excluding carboxylic acids is 1. The smallest absolute Gasteiger partial charge is 0.253 e. The summed E-state index contributed by atoms with van der Waals surface area (Å²) in [5.74, 6) is -0.822. The Kier molecular flexibility index (Phi) is 5.09. The number of methoxy groups -OCH3 is 1. The molecule has 20 heavy (non-hydrogen) atoms. The van der Waals surface area contributed by atoms with Gasteiger partial charge in [-0.05, 0) is 43.4 Å². The normalized spacial score (nSPS) is 24.1. The van der Waals surface area contributed by atoms with Crippen LogP contribution >= 0.6 is 0 Å². The molecule has 0 bridgehead atoms. The largest absolute Gasteiger partial charge is 0.381 e. The van der Waals surface area contributed by atoms with Crippen LogP contribution in [0.3, 0.4) is 0 Å². The molecule has 4 nitrogen and oxygen atoms in total. The number of ether oxygens (including phenoxy) is 1. The molecule has 1 atom stereocenters. The zero-order chi connectivity index (χ0) is 14.5. The minimum atomic E-state index is -1.25. The lowest BCUT2D eigenvalue weighted by Crippen LogP contribution is -2.41. The Bertz CT molecular complexity index is 441. The van der Waals surface area contributed by atoms with Crippen LogP contribution in [0, 0.1) is 5.82 Å². The van der Waals surface area contributed by atoms with E-state index in [1.807, 2.05) is 0 Å². The minimum absolute atomic E-state index is 0.0731. The fourth-order valence-corrected chi connectivity index (χ4v) is 2.52. The first kappa shape index (κ1) is 14.9. The van der Waals surface area contributed by atoms with Crippen LogP contribution in [0.1, 0.15) is 37.4 Å². The summed E-state index contributed by atoms with van der Waals surface area (Å²) in [5.41, 5.74) is 0.398.